The number of halogens is 1. The van der Waals surface area contributed by atoms with E-state index in [2.05, 4.69) is 20.9 Å². The van der Waals surface area contributed by atoms with Gasteiger partial charge in [0.25, 0.3) is 0 Å². The van der Waals surface area contributed by atoms with Crippen molar-refractivity contribution in [2.24, 2.45) is 0 Å². The lowest BCUT2D eigenvalue weighted by molar-refractivity contribution is 0.328. The first-order valence-corrected chi connectivity index (χ1v) is 4.49. The molecule has 0 aliphatic heterocycles. The first-order chi connectivity index (χ1) is 5.66. The van der Waals surface area contributed by atoms with Gasteiger partial charge in [-0.15, -0.1) is 0 Å². The highest BCUT2D eigenvalue weighted by atomic mass is 79.9. The molecule has 1 heterocycles. The van der Waals surface area contributed by atoms with E-state index in [-0.39, 0.29) is 0 Å². The lowest BCUT2D eigenvalue weighted by Crippen LogP contribution is -2.01. The topological polar surface area (TPSA) is 48.1 Å². The number of nitrogen functional groups attached to an aromatic ring is 1. The zero-order valence-electron chi connectivity index (χ0n) is 7.10. The van der Waals surface area contributed by atoms with Crippen molar-refractivity contribution in [3.63, 3.8) is 0 Å². The highest BCUT2D eigenvalue weighted by Crippen LogP contribution is 2.27. The van der Waals surface area contributed by atoms with Crippen molar-refractivity contribution in [1.82, 2.24) is 4.98 Å². The molecule has 3 nitrogen and oxygen atoms in total. The molecule has 0 radical (unpaired) electrons. The number of anilines is 1. The molecule has 1 aromatic heterocycles. The lowest BCUT2D eigenvalue weighted by atomic mass is 10.2. The average Bonchev–Trinajstić information content (AvgIpc) is 2.07. The van der Waals surface area contributed by atoms with E-state index in [1.807, 2.05) is 13.8 Å². The Morgan fingerprint density at radius 2 is 2.33 bits per heavy atom. The van der Waals surface area contributed by atoms with E-state index >= 15 is 0 Å². The van der Waals surface area contributed by atoms with Crippen LogP contribution in [0.4, 0.5) is 5.69 Å². The smallest absolute Gasteiger partial charge is 0.237 e. The lowest BCUT2D eigenvalue weighted by Gasteiger charge is -2.08. The molecule has 12 heavy (non-hydrogen) atoms. The van der Waals surface area contributed by atoms with E-state index < -0.39 is 0 Å². The zero-order valence-corrected chi connectivity index (χ0v) is 8.68. The van der Waals surface area contributed by atoms with Crippen molar-refractivity contribution in [2.45, 2.75) is 13.8 Å². The van der Waals surface area contributed by atoms with E-state index in [0.717, 1.165) is 10.0 Å². The normalized spacial score (nSPS) is 9.92. The molecule has 1 rings (SSSR count). The van der Waals surface area contributed by atoms with Gasteiger partial charge >= 0.3 is 0 Å². The van der Waals surface area contributed by atoms with Crippen LogP contribution in [0.1, 0.15) is 12.5 Å². The highest BCUT2D eigenvalue weighted by Gasteiger charge is 2.06. The third-order valence-electron chi connectivity index (χ3n) is 1.57. The standard InChI is InChI=1S/C8H11BrN2O/c1-3-12-8-7(10)5(2)6(9)4-11-8/h4H,3,10H2,1-2H3. The molecule has 0 aromatic carbocycles. The molecule has 0 amide bonds. The fourth-order valence-electron chi connectivity index (χ4n) is 0.822. The van der Waals surface area contributed by atoms with Gasteiger partial charge in [-0.05, 0) is 35.3 Å². The largest absolute Gasteiger partial charge is 0.476 e. The Bertz CT molecular complexity index is 289. The van der Waals surface area contributed by atoms with Crippen molar-refractivity contribution >= 4 is 21.6 Å². The van der Waals surface area contributed by atoms with Gasteiger partial charge in [-0.2, -0.15) is 0 Å². The van der Waals surface area contributed by atoms with E-state index in [9.17, 15) is 0 Å². The second-order valence-electron chi connectivity index (χ2n) is 2.38. The summed E-state index contributed by atoms with van der Waals surface area (Å²) in [4.78, 5) is 4.03. The summed E-state index contributed by atoms with van der Waals surface area (Å²) in [5.74, 6) is 0.512. The summed E-state index contributed by atoms with van der Waals surface area (Å²) >= 11 is 3.33. The fourth-order valence-corrected chi connectivity index (χ4v) is 1.14. The predicted octanol–water partition coefficient (Wildman–Crippen LogP) is 2.13. The van der Waals surface area contributed by atoms with Gasteiger partial charge in [-0.1, -0.05) is 0 Å². The number of aromatic nitrogens is 1. The van der Waals surface area contributed by atoms with Gasteiger partial charge in [0.1, 0.15) is 0 Å². The molecule has 4 heteroatoms. The Hall–Kier alpha value is -0.770. The maximum absolute atomic E-state index is 5.75. The molecule has 0 fully saturated rings. The quantitative estimate of drug-likeness (QED) is 0.848. The van der Waals surface area contributed by atoms with Crippen LogP contribution in [0.5, 0.6) is 5.88 Å². The summed E-state index contributed by atoms with van der Waals surface area (Å²) in [5, 5.41) is 0. The van der Waals surface area contributed by atoms with Crippen molar-refractivity contribution in [1.29, 1.82) is 0 Å². The molecule has 0 atom stereocenters. The first-order valence-electron chi connectivity index (χ1n) is 3.70. The van der Waals surface area contributed by atoms with Crippen LogP contribution in [0, 0.1) is 6.92 Å². The van der Waals surface area contributed by atoms with Gasteiger partial charge in [0.15, 0.2) is 0 Å². The molecule has 0 aliphatic carbocycles. The molecular weight excluding hydrogens is 220 g/mol. The summed E-state index contributed by atoms with van der Waals surface area (Å²) in [6.07, 6.45) is 1.69. The number of nitrogens with zero attached hydrogens (tertiary/aromatic N) is 1. The molecule has 0 unspecified atom stereocenters. The van der Waals surface area contributed by atoms with E-state index in [0.29, 0.717) is 18.2 Å². The Labute approximate surface area is 80.1 Å². The number of ether oxygens (including phenoxy) is 1. The zero-order chi connectivity index (χ0) is 9.14. The van der Waals surface area contributed by atoms with Crippen LogP contribution in [-0.2, 0) is 0 Å². The van der Waals surface area contributed by atoms with Crippen LogP contribution in [0.15, 0.2) is 10.7 Å². The third-order valence-corrected chi connectivity index (χ3v) is 2.37. The minimum atomic E-state index is 0.512. The number of pyridine rings is 1. The SMILES string of the molecule is CCOc1ncc(Br)c(C)c1N. The molecule has 0 aliphatic rings. The summed E-state index contributed by atoms with van der Waals surface area (Å²) in [6.45, 7) is 4.40. The minimum absolute atomic E-state index is 0.512. The Morgan fingerprint density at radius 1 is 1.67 bits per heavy atom. The van der Waals surface area contributed by atoms with Gasteiger partial charge in [-0.25, -0.2) is 4.98 Å². The van der Waals surface area contributed by atoms with Gasteiger partial charge in [0.2, 0.25) is 5.88 Å². The minimum Gasteiger partial charge on any atom is -0.476 e. The molecular formula is C8H11BrN2O. The third kappa shape index (κ3) is 1.69. The average molecular weight is 231 g/mol. The van der Waals surface area contributed by atoms with Crippen LogP contribution in [0.25, 0.3) is 0 Å². The molecule has 0 bridgehead atoms. The van der Waals surface area contributed by atoms with Gasteiger partial charge in [0.05, 0.1) is 12.3 Å². The summed E-state index contributed by atoms with van der Waals surface area (Å²) in [7, 11) is 0. The number of nitrogens with two attached hydrogens (primary N) is 1. The second-order valence-corrected chi connectivity index (χ2v) is 3.24. The van der Waals surface area contributed by atoms with Crippen LogP contribution in [0.2, 0.25) is 0 Å². The Morgan fingerprint density at radius 3 is 2.92 bits per heavy atom. The number of rotatable bonds is 2. The van der Waals surface area contributed by atoms with Crippen molar-refractivity contribution in [3.8, 4) is 5.88 Å². The summed E-state index contributed by atoms with van der Waals surface area (Å²) in [6, 6.07) is 0. The molecule has 1 aromatic rings. The Kier molecular flexibility index (Phi) is 2.92. The van der Waals surface area contributed by atoms with Crippen LogP contribution in [-0.4, -0.2) is 11.6 Å². The molecule has 0 spiro atoms. The maximum Gasteiger partial charge on any atom is 0.237 e. The summed E-state index contributed by atoms with van der Waals surface area (Å²) < 4.78 is 6.12. The maximum atomic E-state index is 5.75. The van der Waals surface area contributed by atoms with E-state index in [4.69, 9.17) is 10.5 Å². The Balaban J connectivity index is 3.08. The van der Waals surface area contributed by atoms with Gasteiger partial charge < -0.3 is 10.5 Å². The molecule has 0 saturated heterocycles. The van der Waals surface area contributed by atoms with E-state index in [1.165, 1.54) is 0 Å². The first kappa shape index (κ1) is 9.32. The molecule has 66 valence electrons. The monoisotopic (exact) mass is 230 g/mol. The highest BCUT2D eigenvalue weighted by molar-refractivity contribution is 9.10. The fraction of sp³-hybridized carbons (Fsp3) is 0.375. The van der Waals surface area contributed by atoms with Crippen LogP contribution < -0.4 is 10.5 Å². The van der Waals surface area contributed by atoms with Crippen molar-refractivity contribution < 1.29 is 4.74 Å². The number of hydrogen-bond acceptors (Lipinski definition) is 3. The van der Waals surface area contributed by atoms with Crippen LogP contribution in [0.3, 0.4) is 0 Å². The van der Waals surface area contributed by atoms with Gasteiger partial charge in [0, 0.05) is 10.7 Å². The van der Waals surface area contributed by atoms with Gasteiger partial charge in [-0.3, -0.25) is 0 Å². The molecule has 2 N–H and O–H groups in total. The van der Waals surface area contributed by atoms with Crippen molar-refractivity contribution in [3.05, 3.63) is 16.2 Å². The number of hydrogen-bond donors (Lipinski definition) is 1. The second kappa shape index (κ2) is 3.76. The summed E-state index contributed by atoms with van der Waals surface area (Å²) in [5.41, 5.74) is 7.32. The predicted molar refractivity (Wildman–Crippen MR) is 52.3 cm³/mol. The van der Waals surface area contributed by atoms with Crippen LogP contribution >= 0.6 is 15.9 Å². The molecule has 0 saturated carbocycles. The van der Waals surface area contributed by atoms with Crippen molar-refractivity contribution in [2.75, 3.05) is 12.3 Å². The van der Waals surface area contributed by atoms with E-state index in [1.54, 1.807) is 6.20 Å².